The van der Waals surface area contributed by atoms with Crippen LogP contribution in [-0.2, 0) is 0 Å². The molecule has 1 nitrogen and oxygen atoms in total. The van der Waals surface area contributed by atoms with Crippen LogP contribution in [0.1, 0.15) is 13.8 Å². The summed E-state index contributed by atoms with van der Waals surface area (Å²) in [5.74, 6) is -2.49. The van der Waals surface area contributed by atoms with Crippen molar-refractivity contribution in [1.82, 2.24) is 0 Å². The van der Waals surface area contributed by atoms with Gasteiger partial charge in [0.15, 0.2) is 0 Å². The van der Waals surface area contributed by atoms with Crippen LogP contribution in [0.4, 0.5) is 13.2 Å². The van der Waals surface area contributed by atoms with Crippen molar-refractivity contribution >= 4 is 0 Å². The fourth-order valence-electron chi connectivity index (χ4n) is 0.600. The van der Waals surface area contributed by atoms with E-state index >= 15 is 0 Å². The number of hydrogen-bond donors (Lipinski definition) is 0. The highest BCUT2D eigenvalue weighted by Gasteiger charge is 2.41. The number of rotatable bonds is 1. The van der Waals surface area contributed by atoms with Crippen LogP contribution in [0.15, 0.2) is 0 Å². The lowest BCUT2D eigenvalue weighted by Gasteiger charge is -2.15. The van der Waals surface area contributed by atoms with Gasteiger partial charge in [0.1, 0.15) is 5.92 Å². The van der Waals surface area contributed by atoms with Gasteiger partial charge in [0.05, 0.1) is 6.07 Å². The van der Waals surface area contributed by atoms with E-state index in [4.69, 9.17) is 5.26 Å². The van der Waals surface area contributed by atoms with Crippen molar-refractivity contribution in [3.05, 3.63) is 0 Å². The predicted octanol–water partition coefficient (Wildman–Crippen LogP) is 2.34. The van der Waals surface area contributed by atoms with E-state index in [-0.39, 0.29) is 0 Å². The van der Waals surface area contributed by atoms with Gasteiger partial charge in [-0.2, -0.15) is 18.4 Å². The van der Waals surface area contributed by atoms with Gasteiger partial charge in [0.25, 0.3) is 0 Å². The average molecular weight is 151 g/mol. The fourth-order valence-corrected chi connectivity index (χ4v) is 0.600. The summed E-state index contributed by atoms with van der Waals surface area (Å²) < 4.78 is 35.2. The SMILES string of the molecule is CC(C)C(C#N)C(F)(F)F. The maximum Gasteiger partial charge on any atom is 0.404 e. The molecule has 0 aromatic carbocycles. The molecule has 0 bridgehead atoms. The van der Waals surface area contributed by atoms with E-state index in [0.717, 1.165) is 0 Å². The second-order valence-electron chi connectivity index (χ2n) is 2.39. The number of nitriles is 1. The Balaban J connectivity index is 4.26. The molecule has 0 aliphatic rings. The molecule has 58 valence electrons. The summed E-state index contributed by atoms with van der Waals surface area (Å²) in [5, 5.41) is 8.06. The van der Waals surface area contributed by atoms with Crippen LogP contribution in [0.2, 0.25) is 0 Å². The zero-order chi connectivity index (χ0) is 8.36. The molecule has 0 N–H and O–H groups in total. The second-order valence-corrected chi connectivity index (χ2v) is 2.39. The lowest BCUT2D eigenvalue weighted by atomic mass is 9.97. The lowest BCUT2D eigenvalue weighted by molar-refractivity contribution is -0.168. The van der Waals surface area contributed by atoms with Crippen LogP contribution in [0.5, 0.6) is 0 Å². The Morgan fingerprint density at radius 3 is 1.70 bits per heavy atom. The Kier molecular flexibility index (Phi) is 2.70. The van der Waals surface area contributed by atoms with Gasteiger partial charge in [-0.25, -0.2) is 0 Å². The molecule has 4 heteroatoms. The van der Waals surface area contributed by atoms with E-state index in [1.54, 1.807) is 0 Å². The highest BCUT2D eigenvalue weighted by molar-refractivity contribution is 4.90. The third kappa shape index (κ3) is 2.26. The van der Waals surface area contributed by atoms with Crippen molar-refractivity contribution in [3.63, 3.8) is 0 Å². The standard InChI is InChI=1S/C6H8F3N/c1-4(2)5(3-10)6(7,8)9/h4-5H,1-2H3. The van der Waals surface area contributed by atoms with Gasteiger partial charge in [0.2, 0.25) is 0 Å². The summed E-state index contributed by atoms with van der Waals surface area (Å²) in [6, 6.07) is 1.22. The van der Waals surface area contributed by atoms with Crippen molar-refractivity contribution in [1.29, 1.82) is 5.26 Å². The van der Waals surface area contributed by atoms with Gasteiger partial charge < -0.3 is 0 Å². The Labute approximate surface area is 57.5 Å². The molecule has 0 saturated heterocycles. The Hall–Kier alpha value is -0.720. The van der Waals surface area contributed by atoms with E-state index in [0.29, 0.717) is 0 Å². The molecule has 0 aromatic heterocycles. The molecule has 0 saturated carbocycles. The van der Waals surface area contributed by atoms with Crippen molar-refractivity contribution in [2.24, 2.45) is 11.8 Å². The minimum atomic E-state index is -4.37. The molecule has 0 heterocycles. The van der Waals surface area contributed by atoms with Crippen LogP contribution in [0, 0.1) is 23.2 Å². The Morgan fingerprint density at radius 1 is 1.30 bits per heavy atom. The van der Waals surface area contributed by atoms with Crippen LogP contribution >= 0.6 is 0 Å². The first kappa shape index (κ1) is 9.28. The van der Waals surface area contributed by atoms with E-state index in [9.17, 15) is 13.2 Å². The predicted molar refractivity (Wildman–Crippen MR) is 30.0 cm³/mol. The zero-order valence-corrected chi connectivity index (χ0v) is 5.74. The monoisotopic (exact) mass is 151 g/mol. The Morgan fingerprint density at radius 2 is 1.70 bits per heavy atom. The molecule has 0 aliphatic heterocycles. The third-order valence-electron chi connectivity index (χ3n) is 1.16. The van der Waals surface area contributed by atoms with Crippen LogP contribution in [0.3, 0.4) is 0 Å². The Bertz CT molecular complexity index is 142. The molecule has 0 aromatic rings. The first-order valence-corrected chi connectivity index (χ1v) is 2.86. The smallest absolute Gasteiger partial charge is 0.198 e. The molecule has 10 heavy (non-hydrogen) atoms. The summed E-state index contributed by atoms with van der Waals surface area (Å²) in [5.41, 5.74) is 0. The summed E-state index contributed by atoms with van der Waals surface area (Å²) >= 11 is 0. The van der Waals surface area contributed by atoms with E-state index in [1.165, 1.54) is 19.9 Å². The van der Waals surface area contributed by atoms with Gasteiger partial charge in [-0.15, -0.1) is 0 Å². The minimum Gasteiger partial charge on any atom is -0.198 e. The summed E-state index contributed by atoms with van der Waals surface area (Å²) in [7, 11) is 0. The highest BCUT2D eigenvalue weighted by atomic mass is 19.4. The van der Waals surface area contributed by atoms with Gasteiger partial charge >= 0.3 is 6.18 Å². The van der Waals surface area contributed by atoms with Gasteiger partial charge in [-0.1, -0.05) is 13.8 Å². The van der Waals surface area contributed by atoms with Gasteiger partial charge in [0, 0.05) is 0 Å². The second kappa shape index (κ2) is 2.91. The molecular formula is C6H8F3N. The number of hydrogen-bond acceptors (Lipinski definition) is 1. The molecule has 0 rings (SSSR count). The average Bonchev–Trinajstić information content (AvgIpc) is 1.60. The molecule has 1 unspecified atom stereocenters. The van der Waals surface area contributed by atoms with Crippen LogP contribution < -0.4 is 0 Å². The van der Waals surface area contributed by atoms with Gasteiger partial charge in [-0.3, -0.25) is 0 Å². The van der Waals surface area contributed by atoms with Crippen LogP contribution in [-0.4, -0.2) is 6.18 Å². The largest absolute Gasteiger partial charge is 0.404 e. The first-order chi connectivity index (χ1) is 4.39. The molecule has 0 spiro atoms. The maximum atomic E-state index is 11.7. The van der Waals surface area contributed by atoms with Crippen molar-refractivity contribution in [2.75, 3.05) is 0 Å². The number of nitrogens with zero attached hydrogens (tertiary/aromatic N) is 1. The zero-order valence-electron chi connectivity index (χ0n) is 5.74. The molecule has 0 amide bonds. The molecule has 0 radical (unpaired) electrons. The molecule has 0 fully saturated rings. The van der Waals surface area contributed by atoms with Crippen molar-refractivity contribution in [3.8, 4) is 6.07 Å². The van der Waals surface area contributed by atoms with E-state index in [1.807, 2.05) is 0 Å². The molecule has 0 aliphatic carbocycles. The summed E-state index contributed by atoms with van der Waals surface area (Å²) in [6.45, 7) is 2.75. The number of alkyl halides is 3. The number of halogens is 3. The topological polar surface area (TPSA) is 23.8 Å². The van der Waals surface area contributed by atoms with Crippen LogP contribution in [0.25, 0.3) is 0 Å². The lowest BCUT2D eigenvalue weighted by Crippen LogP contribution is -2.25. The maximum absolute atomic E-state index is 11.7. The first-order valence-electron chi connectivity index (χ1n) is 2.86. The van der Waals surface area contributed by atoms with E-state index in [2.05, 4.69) is 0 Å². The van der Waals surface area contributed by atoms with Gasteiger partial charge in [-0.05, 0) is 5.92 Å². The third-order valence-corrected chi connectivity index (χ3v) is 1.16. The van der Waals surface area contributed by atoms with Crippen molar-refractivity contribution in [2.45, 2.75) is 20.0 Å². The fraction of sp³-hybridized carbons (Fsp3) is 0.833. The molecule has 1 atom stereocenters. The quantitative estimate of drug-likeness (QED) is 0.564. The normalized spacial score (nSPS) is 14.9. The molecular weight excluding hydrogens is 143 g/mol. The highest BCUT2D eigenvalue weighted by Crippen LogP contribution is 2.30. The summed E-state index contributed by atoms with van der Waals surface area (Å²) in [4.78, 5) is 0. The summed E-state index contributed by atoms with van der Waals surface area (Å²) in [6.07, 6.45) is -4.37. The van der Waals surface area contributed by atoms with E-state index < -0.39 is 18.0 Å². The minimum absolute atomic E-state index is 0.662. The van der Waals surface area contributed by atoms with Crippen molar-refractivity contribution < 1.29 is 13.2 Å².